The quantitative estimate of drug-likeness (QED) is 0.364. The minimum atomic E-state index is -1.58. The first kappa shape index (κ1) is 16.8. The standard InChI is InChI=1S/C11H13N2O6.ClH.Hg/c1-2-5-3-13(11(18)12-9(5)17)10-8(16)7(15)6(4-14)19-10;;/h1-3,6-8,10,14-16H,4H2,(H,12,17,18);1H;/q;;+1/p-1/t6-,7?,8?,10-;;/m0../s1. The van der Waals surface area contributed by atoms with Crippen LogP contribution in [0.2, 0.25) is 0 Å². The van der Waals surface area contributed by atoms with Gasteiger partial charge in [0.1, 0.15) is 0 Å². The normalized spacial score (nSPS) is 29.0. The van der Waals surface area contributed by atoms with Crippen LogP contribution in [0.25, 0.3) is 6.08 Å². The molecule has 8 nitrogen and oxygen atoms in total. The van der Waals surface area contributed by atoms with Crippen LogP contribution in [-0.2, 0) is 28.1 Å². The molecule has 0 bridgehead atoms. The van der Waals surface area contributed by atoms with Gasteiger partial charge >= 0.3 is 135 Å². The summed E-state index contributed by atoms with van der Waals surface area (Å²) in [5.74, 6) is 0. The molecule has 1 aromatic heterocycles. The van der Waals surface area contributed by atoms with Crippen LogP contribution in [-0.4, -0.2) is 49.8 Å². The van der Waals surface area contributed by atoms with E-state index in [9.17, 15) is 19.8 Å². The summed E-state index contributed by atoms with van der Waals surface area (Å²) >= 11 is -1.58. The van der Waals surface area contributed by atoms with Crippen LogP contribution in [0.3, 0.4) is 0 Å². The monoisotopic (exact) mass is 506 g/mol. The van der Waals surface area contributed by atoms with Crippen LogP contribution < -0.4 is 11.2 Å². The van der Waals surface area contributed by atoms with Crippen molar-refractivity contribution in [3.05, 3.63) is 36.2 Å². The van der Waals surface area contributed by atoms with E-state index >= 15 is 0 Å². The molecule has 1 aliphatic rings. The van der Waals surface area contributed by atoms with E-state index in [0.717, 1.165) is 4.57 Å². The fraction of sp³-hybridized carbons (Fsp3) is 0.455. The number of hydrogen-bond acceptors (Lipinski definition) is 6. The Hall–Kier alpha value is -0.515. The number of ether oxygens (including phenoxy) is 1. The number of aliphatic hydroxyl groups excluding tert-OH is 3. The summed E-state index contributed by atoms with van der Waals surface area (Å²) in [6.45, 7) is -0.499. The van der Waals surface area contributed by atoms with E-state index in [0.29, 0.717) is 0 Å². The predicted octanol–water partition coefficient (Wildman–Crippen LogP) is -1.64. The SMILES string of the molecule is O=c1[nH]c(=O)n([C@H]2O[C@@H](CO)C(O)C2O)cc1C=[CH][Hg][Cl]. The van der Waals surface area contributed by atoms with Gasteiger partial charge in [-0.05, 0) is 0 Å². The molecule has 4 atom stereocenters. The second kappa shape index (κ2) is 7.16. The fourth-order valence-electron chi connectivity index (χ4n) is 2.09. The summed E-state index contributed by atoms with van der Waals surface area (Å²) in [7, 11) is 5.71. The van der Waals surface area contributed by atoms with Crippen LogP contribution in [0.5, 0.6) is 0 Å². The van der Waals surface area contributed by atoms with Crippen molar-refractivity contribution in [3.8, 4) is 0 Å². The summed E-state index contributed by atoms with van der Waals surface area (Å²) in [6.07, 6.45) is -2.15. The molecule has 0 amide bonds. The molecule has 0 radical (unpaired) electrons. The number of hydrogen-bond donors (Lipinski definition) is 4. The van der Waals surface area contributed by atoms with Gasteiger partial charge in [-0.2, -0.15) is 0 Å². The van der Waals surface area contributed by atoms with E-state index in [1.165, 1.54) is 12.3 Å². The van der Waals surface area contributed by atoms with Crippen LogP contribution in [0, 0.1) is 0 Å². The third-order valence-electron chi connectivity index (χ3n) is 3.17. The molecule has 0 spiro atoms. The van der Waals surface area contributed by atoms with Gasteiger partial charge in [0.15, 0.2) is 0 Å². The molecule has 0 saturated carbocycles. The molecule has 0 aliphatic carbocycles. The molecule has 10 heteroatoms. The van der Waals surface area contributed by atoms with Crippen molar-refractivity contribution in [2.24, 2.45) is 0 Å². The average Bonchev–Trinajstić information content (AvgIpc) is 2.74. The zero-order valence-electron chi connectivity index (χ0n) is 10.8. The summed E-state index contributed by atoms with van der Waals surface area (Å²) < 4.78 is 7.97. The average molecular weight is 505 g/mol. The van der Waals surface area contributed by atoms with Crippen LogP contribution in [0.15, 0.2) is 19.4 Å². The van der Waals surface area contributed by atoms with Gasteiger partial charge in [0.05, 0.1) is 0 Å². The van der Waals surface area contributed by atoms with Crippen LogP contribution in [0.4, 0.5) is 0 Å². The second-order valence-electron chi connectivity index (χ2n) is 4.54. The summed E-state index contributed by atoms with van der Waals surface area (Å²) in [6, 6.07) is 0. The van der Waals surface area contributed by atoms with Crippen molar-refractivity contribution < 1.29 is 43.4 Å². The van der Waals surface area contributed by atoms with E-state index in [2.05, 4.69) is 4.98 Å². The Kier molecular flexibility index (Phi) is 5.75. The Balaban J connectivity index is 2.42. The number of aromatic nitrogens is 2. The van der Waals surface area contributed by atoms with Gasteiger partial charge in [-0.15, -0.1) is 0 Å². The summed E-state index contributed by atoms with van der Waals surface area (Å²) in [4.78, 5) is 25.6. The Morgan fingerprint density at radius 3 is 2.71 bits per heavy atom. The van der Waals surface area contributed by atoms with Gasteiger partial charge < -0.3 is 0 Å². The first-order chi connectivity index (χ1) is 9.99. The molecule has 0 aromatic carbocycles. The first-order valence-corrected chi connectivity index (χ1v) is 16.1. The second-order valence-corrected chi connectivity index (χ2v) is 10.3. The van der Waals surface area contributed by atoms with Crippen molar-refractivity contribution in [1.82, 2.24) is 9.55 Å². The number of rotatable bonds is 4. The van der Waals surface area contributed by atoms with Gasteiger partial charge in [0.2, 0.25) is 0 Å². The van der Waals surface area contributed by atoms with E-state index < -0.39 is 65.7 Å². The maximum absolute atomic E-state index is 11.8. The van der Waals surface area contributed by atoms with E-state index in [1.807, 2.05) is 0 Å². The molecule has 112 valence electrons. The zero-order chi connectivity index (χ0) is 15.6. The van der Waals surface area contributed by atoms with Crippen molar-refractivity contribution in [3.63, 3.8) is 0 Å². The Morgan fingerprint density at radius 2 is 2.14 bits per heavy atom. The van der Waals surface area contributed by atoms with E-state index in [1.54, 1.807) is 3.58 Å². The summed E-state index contributed by atoms with van der Waals surface area (Å²) in [5.41, 5.74) is -1.15. The molecule has 1 fully saturated rings. The Bertz CT molecular complexity index is 644. The topological polar surface area (TPSA) is 125 Å². The number of aromatic amines is 1. The third-order valence-corrected chi connectivity index (χ3v) is 6.35. The Labute approximate surface area is 134 Å². The van der Waals surface area contributed by atoms with E-state index in [-0.39, 0.29) is 5.56 Å². The van der Waals surface area contributed by atoms with Gasteiger partial charge in [0.25, 0.3) is 0 Å². The molecule has 1 aliphatic heterocycles. The molecule has 21 heavy (non-hydrogen) atoms. The van der Waals surface area contributed by atoms with Crippen molar-refractivity contribution in [2.75, 3.05) is 6.61 Å². The molecule has 2 rings (SSSR count). The van der Waals surface area contributed by atoms with Gasteiger partial charge in [-0.1, -0.05) is 0 Å². The van der Waals surface area contributed by atoms with E-state index in [4.69, 9.17) is 18.1 Å². The van der Waals surface area contributed by atoms with Gasteiger partial charge in [0, 0.05) is 0 Å². The number of nitrogens with zero attached hydrogens (tertiary/aromatic N) is 1. The van der Waals surface area contributed by atoms with Crippen molar-refractivity contribution in [1.29, 1.82) is 0 Å². The number of nitrogens with one attached hydrogen (secondary N) is 1. The van der Waals surface area contributed by atoms with Crippen LogP contribution >= 0.6 is 8.25 Å². The van der Waals surface area contributed by atoms with Crippen molar-refractivity contribution in [2.45, 2.75) is 24.5 Å². The number of halogens is 1. The van der Waals surface area contributed by atoms with Crippen LogP contribution in [0.1, 0.15) is 11.8 Å². The predicted molar refractivity (Wildman–Crippen MR) is 69.2 cm³/mol. The molecule has 2 heterocycles. The van der Waals surface area contributed by atoms with Gasteiger partial charge in [-0.3, -0.25) is 0 Å². The maximum atomic E-state index is 11.8. The minimum absolute atomic E-state index is 0.202. The Morgan fingerprint density at radius 1 is 1.43 bits per heavy atom. The van der Waals surface area contributed by atoms with Gasteiger partial charge in [-0.25, -0.2) is 0 Å². The molecule has 2 unspecified atom stereocenters. The number of aliphatic hydroxyl groups is 3. The fourth-order valence-corrected chi connectivity index (χ4v) is 4.21. The number of H-pyrrole nitrogens is 1. The van der Waals surface area contributed by atoms with Crippen molar-refractivity contribution >= 4 is 14.3 Å². The zero-order valence-corrected chi connectivity index (χ0v) is 17.1. The third kappa shape index (κ3) is 3.46. The molecule has 1 aromatic rings. The molecular weight excluding hydrogens is 492 g/mol. The summed E-state index contributed by atoms with van der Waals surface area (Å²) in [5, 5.41) is 28.7. The molecule has 1 saturated heterocycles. The molecular formula is C11H13ClHgN2O6. The first-order valence-electron chi connectivity index (χ1n) is 6.20. The molecule has 4 N–H and O–H groups in total.